The van der Waals surface area contributed by atoms with E-state index in [9.17, 15) is 4.57 Å². The summed E-state index contributed by atoms with van der Waals surface area (Å²) in [6, 6.07) is 5.65. The summed E-state index contributed by atoms with van der Waals surface area (Å²) in [4.78, 5) is 17.8. The SMILES string of the molecule is COc1ccc([N+](C)(C)CCCP(=O)(O)O)cc1OC. The van der Waals surface area contributed by atoms with Crippen LogP contribution in [0.1, 0.15) is 6.42 Å². The first-order valence-electron chi connectivity index (χ1n) is 6.30. The van der Waals surface area contributed by atoms with Crippen LogP contribution < -0.4 is 14.0 Å². The lowest BCUT2D eigenvalue weighted by Gasteiger charge is -2.29. The van der Waals surface area contributed by atoms with Gasteiger partial charge in [0.1, 0.15) is 5.69 Å². The van der Waals surface area contributed by atoms with Crippen molar-refractivity contribution in [2.45, 2.75) is 6.42 Å². The Hall–Kier alpha value is -1.07. The van der Waals surface area contributed by atoms with E-state index >= 15 is 0 Å². The third-order valence-electron chi connectivity index (χ3n) is 3.23. The molecule has 114 valence electrons. The van der Waals surface area contributed by atoms with Crippen LogP contribution in [0.4, 0.5) is 5.69 Å². The lowest BCUT2D eigenvalue weighted by molar-refractivity contribution is 0.347. The molecule has 1 aromatic carbocycles. The minimum Gasteiger partial charge on any atom is -0.493 e. The van der Waals surface area contributed by atoms with Crippen molar-refractivity contribution < 1.29 is 23.8 Å². The van der Waals surface area contributed by atoms with Crippen molar-refractivity contribution in [2.75, 3.05) is 41.0 Å². The van der Waals surface area contributed by atoms with E-state index in [1.807, 2.05) is 32.3 Å². The van der Waals surface area contributed by atoms with Crippen LogP contribution in [-0.4, -0.2) is 50.8 Å². The standard InChI is InChI=1S/C13H22NO5P/c1-14(2,8-5-9-20(15,16)17)11-6-7-12(18-3)13(10-11)19-4/h6-7,10H,5,8-9H2,1-4H3,(H-,15,16,17)/p+1. The third kappa shape index (κ3) is 4.80. The Labute approximate surface area is 119 Å². The number of hydrogen-bond donors (Lipinski definition) is 2. The fourth-order valence-corrected chi connectivity index (χ4v) is 2.56. The maximum absolute atomic E-state index is 10.9. The van der Waals surface area contributed by atoms with Crippen molar-refractivity contribution >= 4 is 13.3 Å². The molecule has 0 atom stereocenters. The van der Waals surface area contributed by atoms with Gasteiger partial charge in [0, 0.05) is 18.6 Å². The molecule has 0 bridgehead atoms. The highest BCUT2D eigenvalue weighted by Gasteiger charge is 2.23. The summed E-state index contributed by atoms with van der Waals surface area (Å²) in [5, 5.41) is 0. The summed E-state index contributed by atoms with van der Waals surface area (Å²) in [5.41, 5.74) is 0.994. The van der Waals surface area contributed by atoms with E-state index in [0.29, 0.717) is 28.9 Å². The van der Waals surface area contributed by atoms with E-state index in [1.165, 1.54) is 0 Å². The van der Waals surface area contributed by atoms with Crippen LogP contribution in [0.2, 0.25) is 0 Å². The molecule has 0 radical (unpaired) electrons. The summed E-state index contributed by atoms with van der Waals surface area (Å²) in [6.07, 6.45) is 0.355. The number of ether oxygens (including phenoxy) is 2. The monoisotopic (exact) mass is 304 g/mol. The zero-order valence-corrected chi connectivity index (χ0v) is 13.3. The molecule has 6 nitrogen and oxygen atoms in total. The van der Waals surface area contributed by atoms with E-state index in [4.69, 9.17) is 19.3 Å². The second-order valence-corrected chi connectivity index (χ2v) is 6.97. The van der Waals surface area contributed by atoms with Gasteiger partial charge < -0.3 is 19.3 Å². The highest BCUT2D eigenvalue weighted by Crippen LogP contribution is 2.36. The number of benzene rings is 1. The molecule has 0 heterocycles. The van der Waals surface area contributed by atoms with Crippen LogP contribution >= 0.6 is 7.60 Å². The van der Waals surface area contributed by atoms with Crippen LogP contribution in [-0.2, 0) is 4.57 Å². The van der Waals surface area contributed by atoms with Gasteiger partial charge in [-0.15, -0.1) is 0 Å². The number of quaternary nitrogens is 1. The van der Waals surface area contributed by atoms with Crippen molar-refractivity contribution in [1.82, 2.24) is 4.48 Å². The molecule has 0 fully saturated rings. The largest absolute Gasteiger partial charge is 0.493 e. The summed E-state index contributed by atoms with van der Waals surface area (Å²) >= 11 is 0. The Kier molecular flexibility index (Phi) is 5.59. The van der Waals surface area contributed by atoms with E-state index in [0.717, 1.165) is 5.69 Å². The fourth-order valence-electron chi connectivity index (χ4n) is 2.00. The second-order valence-electron chi connectivity index (χ2n) is 5.19. The highest BCUT2D eigenvalue weighted by molar-refractivity contribution is 7.51. The summed E-state index contributed by atoms with van der Waals surface area (Å²) < 4.78 is 21.9. The Morgan fingerprint density at radius 3 is 2.25 bits per heavy atom. The van der Waals surface area contributed by atoms with E-state index in [2.05, 4.69) is 0 Å². The van der Waals surface area contributed by atoms with Gasteiger partial charge in [-0.3, -0.25) is 9.05 Å². The van der Waals surface area contributed by atoms with Gasteiger partial charge in [-0.1, -0.05) is 0 Å². The second kappa shape index (κ2) is 6.59. The Morgan fingerprint density at radius 1 is 1.15 bits per heavy atom. The van der Waals surface area contributed by atoms with Crippen molar-refractivity contribution in [3.05, 3.63) is 18.2 Å². The lowest BCUT2D eigenvalue weighted by Crippen LogP contribution is -2.41. The molecule has 1 aromatic rings. The molecule has 2 N–H and O–H groups in total. The van der Waals surface area contributed by atoms with Gasteiger partial charge in [-0.2, -0.15) is 0 Å². The quantitative estimate of drug-likeness (QED) is 0.594. The molecule has 0 aromatic heterocycles. The maximum Gasteiger partial charge on any atom is 0.325 e. The summed E-state index contributed by atoms with van der Waals surface area (Å²) in [7, 11) is 3.21. The van der Waals surface area contributed by atoms with E-state index in [-0.39, 0.29) is 6.16 Å². The topological polar surface area (TPSA) is 76.0 Å². The fraction of sp³-hybridized carbons (Fsp3) is 0.538. The van der Waals surface area contributed by atoms with Crippen LogP contribution in [0, 0.1) is 0 Å². The molecule has 20 heavy (non-hydrogen) atoms. The summed E-state index contributed by atoms with van der Waals surface area (Å²) in [6.45, 7) is 0.626. The molecule has 0 aliphatic heterocycles. The maximum atomic E-state index is 10.9. The number of hydrogen-bond acceptors (Lipinski definition) is 3. The van der Waals surface area contributed by atoms with Gasteiger partial charge in [-0.25, -0.2) is 0 Å². The predicted molar refractivity (Wildman–Crippen MR) is 79.6 cm³/mol. The smallest absolute Gasteiger partial charge is 0.325 e. The first kappa shape index (κ1) is 17.0. The van der Waals surface area contributed by atoms with E-state index < -0.39 is 7.60 Å². The predicted octanol–water partition coefficient (Wildman–Crippen LogP) is 1.84. The summed E-state index contributed by atoms with van der Waals surface area (Å²) in [5.74, 6) is 1.30. The van der Waals surface area contributed by atoms with Gasteiger partial charge in [0.15, 0.2) is 11.5 Å². The molecule has 0 amide bonds. The van der Waals surface area contributed by atoms with Crippen LogP contribution in [0.3, 0.4) is 0 Å². The number of methoxy groups -OCH3 is 2. The van der Waals surface area contributed by atoms with E-state index in [1.54, 1.807) is 14.2 Å². The van der Waals surface area contributed by atoms with Crippen LogP contribution in [0.25, 0.3) is 0 Å². The average Bonchev–Trinajstić information content (AvgIpc) is 2.36. The minimum atomic E-state index is -3.93. The Bertz CT molecular complexity index is 498. The molecular weight excluding hydrogens is 281 g/mol. The van der Waals surface area contributed by atoms with Crippen molar-refractivity contribution in [1.29, 1.82) is 0 Å². The molecule has 1 rings (SSSR count). The number of nitrogens with zero attached hydrogens (tertiary/aromatic N) is 1. The van der Waals surface area contributed by atoms with Crippen molar-refractivity contribution in [3.8, 4) is 11.5 Å². The highest BCUT2D eigenvalue weighted by atomic mass is 31.2. The molecule has 0 spiro atoms. The molecule has 0 saturated heterocycles. The number of rotatable bonds is 7. The van der Waals surface area contributed by atoms with Gasteiger partial charge in [0.05, 0.1) is 41.0 Å². The Morgan fingerprint density at radius 2 is 1.75 bits per heavy atom. The molecule has 0 unspecified atom stereocenters. The zero-order chi connectivity index (χ0) is 15.4. The zero-order valence-electron chi connectivity index (χ0n) is 12.4. The van der Waals surface area contributed by atoms with Gasteiger partial charge in [0.2, 0.25) is 0 Å². The molecule has 0 aliphatic carbocycles. The van der Waals surface area contributed by atoms with Crippen LogP contribution in [0.15, 0.2) is 18.2 Å². The molecule has 0 aliphatic rings. The lowest BCUT2D eigenvalue weighted by atomic mass is 10.2. The first-order valence-corrected chi connectivity index (χ1v) is 8.09. The van der Waals surface area contributed by atoms with Gasteiger partial charge >= 0.3 is 7.60 Å². The first-order chi connectivity index (χ1) is 9.19. The third-order valence-corrected chi connectivity index (χ3v) is 4.13. The van der Waals surface area contributed by atoms with Crippen LogP contribution in [0.5, 0.6) is 11.5 Å². The van der Waals surface area contributed by atoms with Crippen molar-refractivity contribution in [2.24, 2.45) is 0 Å². The Balaban J connectivity index is 2.84. The molecule has 7 heteroatoms. The van der Waals surface area contributed by atoms with Gasteiger partial charge in [0.25, 0.3) is 0 Å². The normalized spacial score (nSPS) is 12.3. The average molecular weight is 304 g/mol. The van der Waals surface area contributed by atoms with Crippen molar-refractivity contribution in [3.63, 3.8) is 0 Å². The molecular formula is C13H23NO5P+. The molecule has 0 saturated carbocycles. The minimum absolute atomic E-state index is 0.0953. The van der Waals surface area contributed by atoms with Gasteiger partial charge in [-0.05, 0) is 6.07 Å².